The van der Waals surface area contributed by atoms with E-state index >= 15 is 0 Å². The van der Waals surface area contributed by atoms with E-state index < -0.39 is 16.4 Å². The van der Waals surface area contributed by atoms with E-state index in [9.17, 15) is 14.4 Å². The van der Waals surface area contributed by atoms with E-state index in [0.717, 1.165) is 64.2 Å². The van der Waals surface area contributed by atoms with Crippen molar-refractivity contribution in [3.63, 3.8) is 0 Å². The summed E-state index contributed by atoms with van der Waals surface area (Å²) in [6, 6.07) is 0. The van der Waals surface area contributed by atoms with Crippen molar-refractivity contribution in [2.24, 2.45) is 11.8 Å². The third-order valence-electron chi connectivity index (χ3n) is 7.43. The van der Waals surface area contributed by atoms with E-state index in [-0.39, 0.29) is 0 Å². The molecule has 41 heavy (non-hydrogen) atoms. The van der Waals surface area contributed by atoms with Crippen LogP contribution < -0.4 is 0 Å². The minimum atomic E-state index is -3.89. The molecule has 0 aliphatic rings. The van der Waals surface area contributed by atoms with Gasteiger partial charge < -0.3 is 18.8 Å². The molecule has 9 heteroatoms. The molecular formula is C32H70O7P2. The van der Waals surface area contributed by atoms with Crippen molar-refractivity contribution >= 4 is 16.4 Å². The molecule has 2 unspecified atom stereocenters. The van der Waals surface area contributed by atoms with Crippen LogP contribution in [0.1, 0.15) is 170 Å². The van der Waals surface area contributed by atoms with E-state index in [0.29, 0.717) is 38.3 Å². The lowest BCUT2D eigenvalue weighted by Crippen LogP contribution is -2.12. The topological polar surface area (TPSA) is 94.5 Å². The van der Waals surface area contributed by atoms with Gasteiger partial charge in [0.2, 0.25) is 0 Å². The van der Waals surface area contributed by atoms with Crippen molar-refractivity contribution in [2.45, 2.75) is 170 Å². The molecule has 0 heterocycles. The van der Waals surface area contributed by atoms with Gasteiger partial charge in [0.15, 0.2) is 0 Å². The molecule has 0 bridgehead atoms. The van der Waals surface area contributed by atoms with Gasteiger partial charge in [0.25, 0.3) is 0 Å². The van der Waals surface area contributed by atoms with Crippen LogP contribution in [0.4, 0.5) is 0 Å². The van der Waals surface area contributed by atoms with Crippen molar-refractivity contribution in [2.75, 3.05) is 26.4 Å². The van der Waals surface area contributed by atoms with Gasteiger partial charge in [-0.15, -0.1) is 0 Å². The Morgan fingerprint density at radius 2 is 0.902 bits per heavy atom. The zero-order chi connectivity index (χ0) is 31.0. The Balaban J connectivity index is 0. The highest BCUT2D eigenvalue weighted by atomic mass is 31.2. The fourth-order valence-corrected chi connectivity index (χ4v) is 5.84. The van der Waals surface area contributed by atoms with Crippen LogP contribution in [0.2, 0.25) is 0 Å². The Kier molecular flexibility index (Phi) is 35.4. The van der Waals surface area contributed by atoms with Gasteiger partial charge in [-0.1, -0.05) is 144 Å². The zero-order valence-electron chi connectivity index (χ0n) is 28.0. The molecule has 0 saturated heterocycles. The quantitative estimate of drug-likeness (QED) is 0.0603. The lowest BCUT2D eigenvalue weighted by Gasteiger charge is -2.20. The number of phosphoric acid groups is 1. The standard InChI is InChI=1S/C16H35O4P.C16H35O3P/c1-5-9-11-15(7-3)13-19-21(17,18)20-14-16(8-4)12-10-6-2;1-3-5-7-9-11-13-15-18-20(17)19-16-14-12-10-8-6-4-2/h15-16H,5-14H2,1-4H3,(H,17,18);17H,3-16H2,1-2H3. The predicted molar refractivity (Wildman–Crippen MR) is 176 cm³/mol. The summed E-state index contributed by atoms with van der Waals surface area (Å²) in [5.74, 6) is 0.687. The number of hydrogen-bond donors (Lipinski definition) is 2. The Bertz CT molecular complexity index is 512. The molecule has 0 saturated carbocycles. The number of hydrogen-bond acceptors (Lipinski definition) is 6. The van der Waals surface area contributed by atoms with Crippen molar-refractivity contribution < 1.29 is 32.4 Å². The van der Waals surface area contributed by atoms with Gasteiger partial charge in [0.1, 0.15) is 0 Å². The van der Waals surface area contributed by atoms with Crippen LogP contribution in [0.5, 0.6) is 0 Å². The van der Waals surface area contributed by atoms with Gasteiger partial charge in [0, 0.05) is 0 Å². The number of rotatable bonds is 30. The highest BCUT2D eigenvalue weighted by Crippen LogP contribution is 2.44. The Labute approximate surface area is 256 Å². The van der Waals surface area contributed by atoms with Crippen LogP contribution in [0.25, 0.3) is 0 Å². The average molecular weight is 629 g/mol. The van der Waals surface area contributed by atoms with Crippen LogP contribution in [-0.2, 0) is 22.7 Å². The fraction of sp³-hybridized carbons (Fsp3) is 1.00. The second-order valence-electron chi connectivity index (χ2n) is 11.3. The minimum Gasteiger partial charge on any atom is -0.328 e. The molecule has 0 aromatic rings. The molecular weight excluding hydrogens is 558 g/mol. The summed E-state index contributed by atoms with van der Waals surface area (Å²) in [7, 11) is -5.53. The Morgan fingerprint density at radius 1 is 0.561 bits per heavy atom. The van der Waals surface area contributed by atoms with Gasteiger partial charge in [-0.25, -0.2) is 4.57 Å². The lowest BCUT2D eigenvalue weighted by molar-refractivity contribution is 0.110. The average Bonchev–Trinajstić information content (AvgIpc) is 2.96. The molecule has 0 aliphatic carbocycles. The van der Waals surface area contributed by atoms with Crippen molar-refractivity contribution in [3.8, 4) is 0 Å². The summed E-state index contributed by atoms with van der Waals surface area (Å²) in [6.07, 6.45) is 23.4. The first kappa shape index (κ1) is 43.5. The molecule has 250 valence electrons. The first-order chi connectivity index (χ1) is 19.8. The second-order valence-corrected chi connectivity index (χ2v) is 13.8. The van der Waals surface area contributed by atoms with Gasteiger partial charge in [0.05, 0.1) is 26.4 Å². The maximum atomic E-state index is 11.9. The highest BCUT2D eigenvalue weighted by Gasteiger charge is 2.24. The second kappa shape index (κ2) is 33.3. The van der Waals surface area contributed by atoms with Crippen LogP contribution >= 0.6 is 16.4 Å². The van der Waals surface area contributed by atoms with Gasteiger partial charge >= 0.3 is 16.4 Å². The molecule has 0 aliphatic heterocycles. The van der Waals surface area contributed by atoms with E-state index in [1.54, 1.807) is 0 Å². The van der Waals surface area contributed by atoms with Gasteiger partial charge in [-0.3, -0.25) is 9.05 Å². The third-order valence-corrected chi connectivity index (χ3v) is 9.19. The monoisotopic (exact) mass is 628 g/mol. The normalized spacial score (nSPS) is 14.5. The summed E-state index contributed by atoms with van der Waals surface area (Å²) in [5.41, 5.74) is 0. The summed E-state index contributed by atoms with van der Waals surface area (Å²) in [4.78, 5) is 19.3. The smallest absolute Gasteiger partial charge is 0.328 e. The number of phosphoric ester groups is 1. The van der Waals surface area contributed by atoms with Crippen LogP contribution in [-0.4, -0.2) is 36.2 Å². The summed E-state index contributed by atoms with van der Waals surface area (Å²) in [6.45, 7) is 14.8. The summed E-state index contributed by atoms with van der Waals surface area (Å²) < 4.78 is 32.8. The highest BCUT2D eigenvalue weighted by molar-refractivity contribution is 7.47. The SMILES string of the molecule is CCCCC(CC)COP(=O)(O)OCC(CC)CCCC.CCCCCCCCOP(O)OCCCCCCCC. The van der Waals surface area contributed by atoms with Crippen molar-refractivity contribution in [1.29, 1.82) is 0 Å². The first-order valence-corrected chi connectivity index (χ1v) is 19.8. The molecule has 2 atom stereocenters. The largest absolute Gasteiger partial charge is 0.472 e. The molecule has 0 fully saturated rings. The zero-order valence-corrected chi connectivity index (χ0v) is 29.7. The van der Waals surface area contributed by atoms with Crippen molar-refractivity contribution in [1.82, 2.24) is 0 Å². The molecule has 0 radical (unpaired) electrons. The van der Waals surface area contributed by atoms with Crippen LogP contribution in [0.15, 0.2) is 0 Å². The molecule has 0 amide bonds. The summed E-state index contributed by atoms with van der Waals surface area (Å²) in [5, 5.41) is 0. The molecule has 0 rings (SSSR count). The molecule has 2 N–H and O–H groups in total. The Hall–Kier alpha value is 0.420. The van der Waals surface area contributed by atoms with E-state index in [4.69, 9.17) is 18.1 Å². The molecule has 0 aromatic carbocycles. The third kappa shape index (κ3) is 33.2. The van der Waals surface area contributed by atoms with Crippen LogP contribution in [0, 0.1) is 11.8 Å². The maximum Gasteiger partial charge on any atom is 0.472 e. The molecule has 7 nitrogen and oxygen atoms in total. The molecule has 0 aromatic heterocycles. The Morgan fingerprint density at radius 3 is 1.24 bits per heavy atom. The minimum absolute atomic E-state index is 0.316. The van der Waals surface area contributed by atoms with Gasteiger partial charge in [-0.05, 0) is 37.5 Å². The fourth-order valence-electron chi connectivity index (χ4n) is 4.32. The maximum absolute atomic E-state index is 11.9. The van der Waals surface area contributed by atoms with E-state index in [1.165, 1.54) is 64.2 Å². The van der Waals surface area contributed by atoms with E-state index in [2.05, 4.69) is 41.5 Å². The first-order valence-electron chi connectivity index (χ1n) is 17.2. The van der Waals surface area contributed by atoms with E-state index in [1.807, 2.05) is 0 Å². The molecule has 0 spiro atoms. The van der Waals surface area contributed by atoms with Gasteiger partial charge in [-0.2, -0.15) is 0 Å². The lowest BCUT2D eigenvalue weighted by atomic mass is 10.0. The predicted octanol–water partition coefficient (Wildman–Crippen LogP) is 11.5. The summed E-state index contributed by atoms with van der Waals surface area (Å²) >= 11 is 0. The van der Waals surface area contributed by atoms with Crippen LogP contribution in [0.3, 0.4) is 0 Å². The number of unbranched alkanes of at least 4 members (excludes halogenated alkanes) is 12. The van der Waals surface area contributed by atoms with Crippen molar-refractivity contribution in [3.05, 3.63) is 0 Å².